The molecule has 2 unspecified atom stereocenters. The maximum Gasteiger partial charge on any atom is 0.124 e. The summed E-state index contributed by atoms with van der Waals surface area (Å²) < 4.78 is 18.7. The van der Waals surface area contributed by atoms with Gasteiger partial charge in [0.25, 0.3) is 0 Å². The lowest BCUT2D eigenvalue weighted by atomic mass is 9.92. The Kier molecular flexibility index (Phi) is 2.91. The molecule has 0 saturated heterocycles. The fraction of sp³-hybridized carbons (Fsp3) is 0.500. The van der Waals surface area contributed by atoms with E-state index in [1.54, 1.807) is 12.1 Å². The Labute approximate surface area is 89.4 Å². The van der Waals surface area contributed by atoms with Crippen molar-refractivity contribution >= 4 is 0 Å². The van der Waals surface area contributed by atoms with Gasteiger partial charge in [0.1, 0.15) is 11.6 Å². The summed E-state index contributed by atoms with van der Waals surface area (Å²) in [5, 5.41) is 3.37. The van der Waals surface area contributed by atoms with E-state index >= 15 is 0 Å². The molecular formula is C12H16FNO. The highest BCUT2D eigenvalue weighted by Gasteiger charge is 2.27. The number of hydrogen-bond acceptors (Lipinski definition) is 2. The van der Waals surface area contributed by atoms with Crippen molar-refractivity contribution in [2.24, 2.45) is 5.92 Å². The Morgan fingerprint density at radius 3 is 3.07 bits per heavy atom. The van der Waals surface area contributed by atoms with E-state index in [0.29, 0.717) is 12.5 Å². The smallest absolute Gasteiger partial charge is 0.124 e. The monoisotopic (exact) mass is 209 g/mol. The molecular weight excluding hydrogens is 193 g/mol. The van der Waals surface area contributed by atoms with Crippen LogP contribution in [0, 0.1) is 11.7 Å². The van der Waals surface area contributed by atoms with Crippen molar-refractivity contribution in [2.45, 2.75) is 19.9 Å². The quantitative estimate of drug-likeness (QED) is 0.808. The van der Waals surface area contributed by atoms with Crippen LogP contribution in [0.5, 0.6) is 5.75 Å². The van der Waals surface area contributed by atoms with Crippen molar-refractivity contribution in [3.8, 4) is 5.75 Å². The third kappa shape index (κ3) is 1.97. The van der Waals surface area contributed by atoms with E-state index in [1.807, 2.05) is 0 Å². The number of ether oxygens (including phenoxy) is 1. The van der Waals surface area contributed by atoms with Crippen LogP contribution in [-0.2, 0) is 0 Å². The van der Waals surface area contributed by atoms with E-state index in [2.05, 4.69) is 19.2 Å². The lowest BCUT2D eigenvalue weighted by Crippen LogP contribution is -2.33. The molecule has 1 aromatic rings. The summed E-state index contributed by atoms with van der Waals surface area (Å²) in [6.45, 7) is 5.74. The molecule has 1 aliphatic heterocycles. The van der Waals surface area contributed by atoms with E-state index < -0.39 is 0 Å². The Hall–Kier alpha value is -1.09. The van der Waals surface area contributed by atoms with E-state index in [9.17, 15) is 4.39 Å². The first-order valence-corrected chi connectivity index (χ1v) is 5.38. The van der Waals surface area contributed by atoms with Crippen molar-refractivity contribution in [2.75, 3.05) is 13.2 Å². The molecule has 0 aliphatic carbocycles. The Bertz CT molecular complexity index is 353. The standard InChI is InChI=1S/C12H16FNO/c1-3-14-12-8(2)7-15-11-5-4-9(13)6-10(11)12/h4-6,8,12,14H,3,7H2,1-2H3. The number of nitrogens with one attached hydrogen (secondary N) is 1. The number of fused-ring (bicyclic) bond motifs is 1. The Balaban J connectivity index is 2.36. The van der Waals surface area contributed by atoms with Gasteiger partial charge in [-0.3, -0.25) is 0 Å². The summed E-state index contributed by atoms with van der Waals surface area (Å²) in [6.07, 6.45) is 0. The second kappa shape index (κ2) is 4.19. The van der Waals surface area contributed by atoms with Crippen LogP contribution in [0.2, 0.25) is 0 Å². The van der Waals surface area contributed by atoms with Gasteiger partial charge in [-0.25, -0.2) is 4.39 Å². The topological polar surface area (TPSA) is 21.3 Å². The molecule has 82 valence electrons. The summed E-state index contributed by atoms with van der Waals surface area (Å²) in [5.41, 5.74) is 0.940. The van der Waals surface area contributed by atoms with Crippen molar-refractivity contribution in [1.29, 1.82) is 0 Å². The molecule has 0 spiro atoms. The van der Waals surface area contributed by atoms with Gasteiger partial charge < -0.3 is 10.1 Å². The van der Waals surface area contributed by atoms with Crippen LogP contribution in [0.4, 0.5) is 4.39 Å². The van der Waals surface area contributed by atoms with Crippen LogP contribution in [0.25, 0.3) is 0 Å². The Morgan fingerprint density at radius 1 is 1.53 bits per heavy atom. The zero-order valence-corrected chi connectivity index (χ0v) is 9.09. The van der Waals surface area contributed by atoms with Gasteiger partial charge in [0, 0.05) is 17.5 Å². The van der Waals surface area contributed by atoms with Crippen LogP contribution in [-0.4, -0.2) is 13.2 Å². The molecule has 2 atom stereocenters. The van der Waals surface area contributed by atoms with Gasteiger partial charge in [0.2, 0.25) is 0 Å². The second-order valence-electron chi connectivity index (χ2n) is 4.01. The molecule has 0 amide bonds. The zero-order valence-electron chi connectivity index (χ0n) is 9.09. The SMILES string of the molecule is CCNC1c2cc(F)ccc2OCC1C. The second-order valence-corrected chi connectivity index (χ2v) is 4.01. The molecule has 0 fully saturated rings. The molecule has 2 nitrogen and oxygen atoms in total. The molecule has 1 aromatic carbocycles. The average molecular weight is 209 g/mol. The summed E-state index contributed by atoms with van der Waals surface area (Å²) in [6, 6.07) is 4.92. The van der Waals surface area contributed by atoms with Gasteiger partial charge in [0.15, 0.2) is 0 Å². The van der Waals surface area contributed by atoms with Gasteiger partial charge in [-0.15, -0.1) is 0 Å². The fourth-order valence-corrected chi connectivity index (χ4v) is 2.05. The highest BCUT2D eigenvalue weighted by atomic mass is 19.1. The van der Waals surface area contributed by atoms with Crippen LogP contribution < -0.4 is 10.1 Å². The van der Waals surface area contributed by atoms with Crippen molar-refractivity contribution < 1.29 is 9.13 Å². The first-order valence-electron chi connectivity index (χ1n) is 5.38. The first kappa shape index (κ1) is 10.4. The number of rotatable bonds is 2. The van der Waals surface area contributed by atoms with Gasteiger partial charge >= 0.3 is 0 Å². The lowest BCUT2D eigenvalue weighted by molar-refractivity contribution is 0.189. The minimum atomic E-state index is -0.200. The third-order valence-electron chi connectivity index (χ3n) is 2.80. The van der Waals surface area contributed by atoms with Crippen LogP contribution in [0.15, 0.2) is 18.2 Å². The highest BCUT2D eigenvalue weighted by Crippen LogP contribution is 2.35. The average Bonchev–Trinajstić information content (AvgIpc) is 2.23. The van der Waals surface area contributed by atoms with E-state index in [0.717, 1.165) is 17.9 Å². The van der Waals surface area contributed by atoms with Crippen molar-refractivity contribution in [1.82, 2.24) is 5.32 Å². The number of benzene rings is 1. The lowest BCUT2D eigenvalue weighted by Gasteiger charge is -2.32. The summed E-state index contributed by atoms with van der Waals surface area (Å²) in [4.78, 5) is 0. The molecule has 0 radical (unpaired) electrons. The van der Waals surface area contributed by atoms with Gasteiger partial charge in [0.05, 0.1) is 6.61 Å². The minimum absolute atomic E-state index is 0.200. The third-order valence-corrected chi connectivity index (χ3v) is 2.80. The molecule has 3 heteroatoms. The normalized spacial score (nSPS) is 24.5. The predicted molar refractivity (Wildman–Crippen MR) is 57.5 cm³/mol. The summed E-state index contributed by atoms with van der Waals surface area (Å²) in [5.74, 6) is 0.981. The molecule has 15 heavy (non-hydrogen) atoms. The molecule has 0 saturated carbocycles. The Morgan fingerprint density at radius 2 is 2.33 bits per heavy atom. The van der Waals surface area contributed by atoms with Crippen molar-refractivity contribution in [3.63, 3.8) is 0 Å². The highest BCUT2D eigenvalue weighted by molar-refractivity contribution is 5.38. The maximum atomic E-state index is 13.2. The zero-order chi connectivity index (χ0) is 10.8. The number of halogens is 1. The maximum absolute atomic E-state index is 13.2. The van der Waals surface area contributed by atoms with Crippen LogP contribution >= 0.6 is 0 Å². The fourth-order valence-electron chi connectivity index (χ4n) is 2.05. The van der Waals surface area contributed by atoms with Crippen LogP contribution in [0.3, 0.4) is 0 Å². The molecule has 0 aromatic heterocycles. The molecule has 1 N–H and O–H groups in total. The van der Waals surface area contributed by atoms with Crippen molar-refractivity contribution in [3.05, 3.63) is 29.6 Å². The molecule has 1 heterocycles. The first-order chi connectivity index (χ1) is 7.22. The van der Waals surface area contributed by atoms with Gasteiger partial charge in [-0.2, -0.15) is 0 Å². The van der Waals surface area contributed by atoms with Gasteiger partial charge in [-0.05, 0) is 24.7 Å². The molecule has 1 aliphatic rings. The summed E-state index contributed by atoms with van der Waals surface area (Å²) >= 11 is 0. The molecule has 2 rings (SSSR count). The minimum Gasteiger partial charge on any atom is -0.493 e. The predicted octanol–water partition coefficient (Wildman–Crippen LogP) is 2.50. The van der Waals surface area contributed by atoms with Crippen LogP contribution in [0.1, 0.15) is 25.5 Å². The van der Waals surface area contributed by atoms with E-state index in [-0.39, 0.29) is 11.9 Å². The molecule has 0 bridgehead atoms. The van der Waals surface area contributed by atoms with E-state index in [4.69, 9.17) is 4.74 Å². The largest absolute Gasteiger partial charge is 0.493 e. The number of hydrogen-bond donors (Lipinski definition) is 1. The van der Waals surface area contributed by atoms with E-state index in [1.165, 1.54) is 6.07 Å². The van der Waals surface area contributed by atoms with Gasteiger partial charge in [-0.1, -0.05) is 13.8 Å². The summed E-state index contributed by atoms with van der Waals surface area (Å²) in [7, 11) is 0.